The topological polar surface area (TPSA) is 73.0 Å². The van der Waals surface area contributed by atoms with Gasteiger partial charge in [-0.1, -0.05) is 11.6 Å². The Balaban J connectivity index is 1.95. The molecule has 0 aliphatic rings. The quantitative estimate of drug-likeness (QED) is 0.363. The van der Waals surface area contributed by atoms with Gasteiger partial charge in [0, 0.05) is 24.4 Å². The van der Waals surface area contributed by atoms with E-state index in [1.807, 2.05) is 0 Å². The molecule has 0 saturated heterocycles. The summed E-state index contributed by atoms with van der Waals surface area (Å²) in [7, 11) is 1.72. The number of halogens is 4. The van der Waals surface area contributed by atoms with Crippen molar-refractivity contribution in [1.82, 2.24) is 14.8 Å². The summed E-state index contributed by atoms with van der Waals surface area (Å²) in [5, 5.41) is 7.42. The molecule has 1 N–H and O–H groups in total. The predicted octanol–water partition coefficient (Wildman–Crippen LogP) is 6.05. The summed E-state index contributed by atoms with van der Waals surface area (Å²) in [5.41, 5.74) is 0.758. The number of alkyl halides is 3. The first-order valence-electron chi connectivity index (χ1n) is 10.0. The molecule has 3 heterocycles. The molecule has 3 aromatic heterocycles. The minimum absolute atomic E-state index is 0.0806. The van der Waals surface area contributed by atoms with E-state index in [0.717, 1.165) is 12.1 Å². The highest BCUT2D eigenvalue weighted by molar-refractivity contribution is 6.29. The van der Waals surface area contributed by atoms with Crippen molar-refractivity contribution >= 4 is 28.3 Å². The summed E-state index contributed by atoms with van der Waals surface area (Å²) in [5.74, 6) is 0.262. The molecular weight excluding hydrogens is 457 g/mol. The van der Waals surface area contributed by atoms with E-state index in [1.54, 1.807) is 43.9 Å². The fourth-order valence-electron chi connectivity index (χ4n) is 3.71. The van der Waals surface area contributed by atoms with Crippen molar-refractivity contribution in [2.45, 2.75) is 33.0 Å². The molecule has 33 heavy (non-hydrogen) atoms. The second-order valence-corrected chi connectivity index (χ2v) is 8.25. The van der Waals surface area contributed by atoms with Crippen molar-refractivity contribution in [3.8, 4) is 11.3 Å². The van der Waals surface area contributed by atoms with Gasteiger partial charge < -0.3 is 9.73 Å². The predicted molar refractivity (Wildman–Crippen MR) is 120 cm³/mol. The van der Waals surface area contributed by atoms with Crippen LogP contribution < -0.4 is 10.7 Å². The SMILES string of the molecule is Cc1nc(Cl)ccc1N[C@H](C)c1cc(C(F)(F)F)cc2c(=O)c(C)c(-c3cnn(C)c3)oc12. The van der Waals surface area contributed by atoms with Crippen LogP contribution in [-0.2, 0) is 13.2 Å². The van der Waals surface area contributed by atoms with Crippen LogP contribution in [0.3, 0.4) is 0 Å². The van der Waals surface area contributed by atoms with E-state index in [9.17, 15) is 18.0 Å². The van der Waals surface area contributed by atoms with Gasteiger partial charge in [-0.05, 0) is 45.0 Å². The summed E-state index contributed by atoms with van der Waals surface area (Å²) in [6, 6.07) is 4.47. The van der Waals surface area contributed by atoms with Crippen molar-refractivity contribution in [3.05, 3.63) is 74.4 Å². The molecule has 0 saturated carbocycles. The lowest BCUT2D eigenvalue weighted by molar-refractivity contribution is -0.137. The molecule has 1 atom stereocenters. The number of hydrogen-bond acceptors (Lipinski definition) is 5. The van der Waals surface area contributed by atoms with Crippen LogP contribution in [0.1, 0.15) is 35.3 Å². The van der Waals surface area contributed by atoms with Gasteiger partial charge in [-0.25, -0.2) is 4.98 Å². The molecule has 0 bridgehead atoms. The number of benzene rings is 1. The normalized spacial score (nSPS) is 12.8. The number of aromatic nitrogens is 3. The van der Waals surface area contributed by atoms with Crippen molar-refractivity contribution in [2.75, 3.05) is 5.32 Å². The van der Waals surface area contributed by atoms with Crippen LogP contribution in [0.2, 0.25) is 5.15 Å². The first-order valence-corrected chi connectivity index (χ1v) is 10.4. The average Bonchev–Trinajstić information content (AvgIpc) is 3.17. The molecule has 0 fully saturated rings. The van der Waals surface area contributed by atoms with Gasteiger partial charge in [0.2, 0.25) is 0 Å². The fraction of sp³-hybridized carbons (Fsp3) is 0.261. The fourth-order valence-corrected chi connectivity index (χ4v) is 3.90. The molecule has 4 aromatic rings. The van der Waals surface area contributed by atoms with Crippen LogP contribution >= 0.6 is 11.6 Å². The van der Waals surface area contributed by atoms with Gasteiger partial charge in [0.1, 0.15) is 16.5 Å². The van der Waals surface area contributed by atoms with Gasteiger partial charge in [-0.3, -0.25) is 9.48 Å². The Hall–Kier alpha value is -3.33. The number of aryl methyl sites for hydroxylation is 2. The van der Waals surface area contributed by atoms with E-state index in [2.05, 4.69) is 15.4 Å². The summed E-state index contributed by atoms with van der Waals surface area (Å²) >= 11 is 5.91. The third kappa shape index (κ3) is 4.32. The molecule has 0 unspecified atom stereocenters. The second kappa shape index (κ2) is 8.22. The molecule has 4 rings (SSSR count). The van der Waals surface area contributed by atoms with Gasteiger partial charge in [-0.15, -0.1) is 0 Å². The standard InChI is InChI=1S/C23H20ClF3N4O2/c1-11-20(32)17-8-15(23(25,26)27)7-16(12(2)29-18-5-6-19(24)30-13(18)3)22(17)33-21(11)14-9-28-31(4)10-14/h5-10,12,29H,1-4H3/t12-/m1/s1. The molecular formula is C23H20ClF3N4O2. The lowest BCUT2D eigenvalue weighted by Gasteiger charge is -2.20. The highest BCUT2D eigenvalue weighted by Gasteiger charge is 2.33. The number of anilines is 1. The monoisotopic (exact) mass is 476 g/mol. The Morgan fingerprint density at radius 3 is 2.55 bits per heavy atom. The summed E-state index contributed by atoms with van der Waals surface area (Å²) in [6.07, 6.45) is -1.43. The van der Waals surface area contributed by atoms with E-state index >= 15 is 0 Å². The van der Waals surface area contributed by atoms with Crippen LogP contribution in [-0.4, -0.2) is 14.8 Å². The number of rotatable bonds is 4. The zero-order valence-electron chi connectivity index (χ0n) is 18.2. The number of pyridine rings is 1. The van der Waals surface area contributed by atoms with Crippen molar-refractivity contribution in [3.63, 3.8) is 0 Å². The van der Waals surface area contributed by atoms with Crippen molar-refractivity contribution < 1.29 is 17.6 Å². The zero-order chi connectivity index (χ0) is 24.1. The van der Waals surface area contributed by atoms with Crippen molar-refractivity contribution in [2.24, 2.45) is 7.05 Å². The van der Waals surface area contributed by atoms with Gasteiger partial charge in [0.15, 0.2) is 5.43 Å². The highest BCUT2D eigenvalue weighted by Crippen LogP contribution is 2.37. The van der Waals surface area contributed by atoms with Gasteiger partial charge in [0.05, 0.1) is 40.1 Å². The third-order valence-corrected chi connectivity index (χ3v) is 5.64. The maximum Gasteiger partial charge on any atom is 0.416 e. The molecule has 10 heteroatoms. The number of nitrogens with one attached hydrogen (secondary N) is 1. The number of fused-ring (bicyclic) bond motifs is 1. The van der Waals surface area contributed by atoms with E-state index in [1.165, 1.54) is 13.1 Å². The first kappa shape index (κ1) is 22.8. The van der Waals surface area contributed by atoms with Crippen LogP contribution in [0.25, 0.3) is 22.3 Å². The minimum Gasteiger partial charge on any atom is -0.455 e. The molecule has 1 aromatic carbocycles. The number of nitrogens with zero attached hydrogens (tertiary/aromatic N) is 3. The Morgan fingerprint density at radius 2 is 1.94 bits per heavy atom. The van der Waals surface area contributed by atoms with E-state index < -0.39 is 23.2 Å². The lowest BCUT2D eigenvalue weighted by atomic mass is 9.98. The lowest BCUT2D eigenvalue weighted by Crippen LogP contribution is -2.15. The van der Waals surface area contributed by atoms with Gasteiger partial charge >= 0.3 is 6.18 Å². The molecule has 0 aliphatic carbocycles. The molecule has 0 amide bonds. The largest absolute Gasteiger partial charge is 0.455 e. The second-order valence-electron chi connectivity index (χ2n) is 7.86. The zero-order valence-corrected chi connectivity index (χ0v) is 19.0. The number of hydrogen-bond donors (Lipinski definition) is 1. The van der Waals surface area contributed by atoms with Crippen LogP contribution in [0, 0.1) is 13.8 Å². The van der Waals surface area contributed by atoms with Crippen LogP contribution in [0.4, 0.5) is 18.9 Å². The van der Waals surface area contributed by atoms with E-state index in [4.69, 9.17) is 16.0 Å². The van der Waals surface area contributed by atoms with E-state index in [-0.39, 0.29) is 27.9 Å². The minimum atomic E-state index is -4.64. The Bertz CT molecular complexity index is 1430. The Labute approximate surface area is 192 Å². The van der Waals surface area contributed by atoms with Crippen LogP contribution in [0.5, 0.6) is 0 Å². The smallest absolute Gasteiger partial charge is 0.416 e. The Kier molecular flexibility index (Phi) is 5.69. The maximum atomic E-state index is 13.7. The summed E-state index contributed by atoms with van der Waals surface area (Å²) in [6.45, 7) is 4.94. The molecule has 0 spiro atoms. The average molecular weight is 477 g/mol. The first-order chi connectivity index (χ1) is 15.5. The third-order valence-electron chi connectivity index (χ3n) is 5.43. The molecule has 0 radical (unpaired) electrons. The molecule has 6 nitrogen and oxygen atoms in total. The van der Waals surface area contributed by atoms with E-state index in [0.29, 0.717) is 22.1 Å². The van der Waals surface area contributed by atoms with Crippen molar-refractivity contribution in [1.29, 1.82) is 0 Å². The summed E-state index contributed by atoms with van der Waals surface area (Å²) in [4.78, 5) is 17.3. The Morgan fingerprint density at radius 1 is 1.21 bits per heavy atom. The summed E-state index contributed by atoms with van der Waals surface area (Å²) < 4.78 is 48.7. The molecule has 0 aliphatic heterocycles. The highest BCUT2D eigenvalue weighted by atomic mass is 35.5. The van der Waals surface area contributed by atoms with Gasteiger partial charge in [-0.2, -0.15) is 18.3 Å². The van der Waals surface area contributed by atoms with Crippen LogP contribution in [0.15, 0.2) is 45.9 Å². The molecule has 172 valence electrons. The maximum absolute atomic E-state index is 13.7. The van der Waals surface area contributed by atoms with Gasteiger partial charge in [0.25, 0.3) is 0 Å².